The minimum absolute atomic E-state index is 0.0943. The Balaban J connectivity index is 1.48. The number of hydrogen-bond donors (Lipinski definition) is 1. The second-order valence-corrected chi connectivity index (χ2v) is 8.03. The summed E-state index contributed by atoms with van der Waals surface area (Å²) in [4.78, 5) is 0. The molecule has 2 unspecified atom stereocenters. The summed E-state index contributed by atoms with van der Waals surface area (Å²) < 4.78 is 17.8. The zero-order valence-electron chi connectivity index (χ0n) is 16.4. The van der Waals surface area contributed by atoms with Gasteiger partial charge in [-0.3, -0.25) is 0 Å². The SMILES string of the molecule is COc1ccc2c(c1)C1OCCCC1[C@H](c1ccc3oc4ccccc4c3c1)N2. The zero-order valence-corrected chi connectivity index (χ0v) is 16.4. The van der Waals surface area contributed by atoms with Gasteiger partial charge in [0, 0.05) is 34.5 Å². The smallest absolute Gasteiger partial charge is 0.135 e. The van der Waals surface area contributed by atoms with E-state index in [0.717, 1.165) is 42.1 Å². The summed E-state index contributed by atoms with van der Waals surface area (Å²) in [6.45, 7) is 0.815. The molecule has 29 heavy (non-hydrogen) atoms. The van der Waals surface area contributed by atoms with Crippen molar-refractivity contribution in [3.05, 3.63) is 71.8 Å². The molecule has 0 aliphatic carbocycles. The van der Waals surface area contributed by atoms with Gasteiger partial charge in [0.25, 0.3) is 0 Å². The number of furan rings is 1. The lowest BCUT2D eigenvalue weighted by molar-refractivity contribution is -0.0382. The van der Waals surface area contributed by atoms with Crippen LogP contribution in [-0.2, 0) is 4.74 Å². The Bertz CT molecular complexity index is 1210. The third-order valence-electron chi connectivity index (χ3n) is 6.43. The van der Waals surface area contributed by atoms with E-state index in [2.05, 4.69) is 47.8 Å². The molecule has 3 aromatic carbocycles. The molecule has 0 radical (unpaired) electrons. The van der Waals surface area contributed by atoms with Gasteiger partial charge in [0.2, 0.25) is 0 Å². The van der Waals surface area contributed by atoms with Crippen LogP contribution in [0.2, 0.25) is 0 Å². The highest BCUT2D eigenvalue weighted by Crippen LogP contribution is 2.50. The highest BCUT2D eigenvalue weighted by Gasteiger charge is 2.40. The van der Waals surface area contributed by atoms with Crippen molar-refractivity contribution in [1.29, 1.82) is 0 Å². The molecular weight excluding hydrogens is 362 g/mol. The van der Waals surface area contributed by atoms with Gasteiger partial charge in [-0.2, -0.15) is 0 Å². The number of hydrogen-bond acceptors (Lipinski definition) is 4. The first-order chi connectivity index (χ1) is 14.3. The summed E-state index contributed by atoms with van der Waals surface area (Å²) in [5, 5.41) is 6.15. The number of fused-ring (bicyclic) bond motifs is 6. The van der Waals surface area contributed by atoms with Crippen LogP contribution in [0.5, 0.6) is 5.75 Å². The summed E-state index contributed by atoms with van der Waals surface area (Å²) in [5.74, 6) is 1.27. The van der Waals surface area contributed by atoms with Crippen LogP contribution in [0.1, 0.15) is 36.1 Å². The molecule has 4 nitrogen and oxygen atoms in total. The van der Waals surface area contributed by atoms with Crippen LogP contribution in [0.25, 0.3) is 21.9 Å². The molecule has 2 aliphatic heterocycles. The summed E-state index contributed by atoms with van der Waals surface area (Å²) >= 11 is 0. The van der Waals surface area contributed by atoms with Gasteiger partial charge in [-0.15, -0.1) is 0 Å². The average molecular weight is 385 g/mol. The van der Waals surface area contributed by atoms with Gasteiger partial charge in [0.1, 0.15) is 16.9 Å². The van der Waals surface area contributed by atoms with Crippen molar-refractivity contribution >= 4 is 27.6 Å². The van der Waals surface area contributed by atoms with Crippen molar-refractivity contribution in [3.63, 3.8) is 0 Å². The molecular formula is C25H23NO3. The van der Waals surface area contributed by atoms with Gasteiger partial charge in [-0.25, -0.2) is 0 Å². The molecule has 0 saturated carbocycles. The van der Waals surface area contributed by atoms with E-state index in [0.29, 0.717) is 5.92 Å². The Morgan fingerprint density at radius 1 is 0.966 bits per heavy atom. The van der Waals surface area contributed by atoms with Crippen LogP contribution in [0, 0.1) is 5.92 Å². The van der Waals surface area contributed by atoms with E-state index in [-0.39, 0.29) is 12.1 Å². The van der Waals surface area contributed by atoms with Crippen molar-refractivity contribution in [2.24, 2.45) is 5.92 Å². The molecule has 0 bridgehead atoms. The molecule has 0 amide bonds. The molecule has 1 N–H and O–H groups in total. The summed E-state index contributed by atoms with van der Waals surface area (Å²) in [6, 6.07) is 21.3. The number of anilines is 1. The number of rotatable bonds is 2. The lowest BCUT2D eigenvalue weighted by Gasteiger charge is -2.43. The quantitative estimate of drug-likeness (QED) is 0.444. The second kappa shape index (κ2) is 6.53. The van der Waals surface area contributed by atoms with Crippen molar-refractivity contribution < 1.29 is 13.9 Å². The molecule has 4 heteroatoms. The number of methoxy groups -OCH3 is 1. The molecule has 3 heterocycles. The maximum atomic E-state index is 6.29. The lowest BCUT2D eigenvalue weighted by atomic mass is 9.77. The molecule has 1 fully saturated rings. The normalized spacial score (nSPS) is 23.4. The highest BCUT2D eigenvalue weighted by atomic mass is 16.5. The Kier molecular flexibility index (Phi) is 3.81. The van der Waals surface area contributed by atoms with Crippen LogP contribution in [0.4, 0.5) is 5.69 Å². The summed E-state index contributed by atoms with van der Waals surface area (Å²) in [7, 11) is 1.71. The van der Waals surface area contributed by atoms with E-state index >= 15 is 0 Å². The predicted molar refractivity (Wildman–Crippen MR) is 114 cm³/mol. The second-order valence-electron chi connectivity index (χ2n) is 8.03. The highest BCUT2D eigenvalue weighted by molar-refractivity contribution is 6.05. The first-order valence-corrected chi connectivity index (χ1v) is 10.3. The number of nitrogens with one attached hydrogen (secondary N) is 1. The Hall–Kier alpha value is -2.98. The van der Waals surface area contributed by atoms with Crippen LogP contribution in [0.3, 0.4) is 0 Å². The predicted octanol–water partition coefficient (Wildman–Crippen LogP) is 6.23. The molecule has 0 spiro atoms. The zero-order chi connectivity index (χ0) is 19.4. The fraction of sp³-hybridized carbons (Fsp3) is 0.280. The van der Waals surface area contributed by atoms with Crippen molar-refractivity contribution in [2.45, 2.75) is 25.0 Å². The lowest BCUT2D eigenvalue weighted by Crippen LogP contribution is -2.36. The molecule has 1 saturated heterocycles. The van der Waals surface area contributed by atoms with Gasteiger partial charge in [-0.1, -0.05) is 24.3 Å². The minimum atomic E-state index is 0.0943. The van der Waals surface area contributed by atoms with Crippen LogP contribution in [-0.4, -0.2) is 13.7 Å². The van der Waals surface area contributed by atoms with E-state index in [4.69, 9.17) is 13.9 Å². The van der Waals surface area contributed by atoms with Gasteiger partial charge in [-0.05, 0) is 54.8 Å². The Morgan fingerprint density at radius 3 is 2.79 bits per heavy atom. The van der Waals surface area contributed by atoms with Crippen LogP contribution >= 0.6 is 0 Å². The van der Waals surface area contributed by atoms with Crippen molar-refractivity contribution in [1.82, 2.24) is 0 Å². The number of ether oxygens (including phenoxy) is 2. The minimum Gasteiger partial charge on any atom is -0.497 e. The fourth-order valence-electron chi connectivity index (χ4n) is 5.04. The van der Waals surface area contributed by atoms with E-state index in [1.165, 1.54) is 21.9 Å². The maximum Gasteiger partial charge on any atom is 0.135 e. The van der Waals surface area contributed by atoms with E-state index < -0.39 is 0 Å². The molecule has 3 atom stereocenters. The fourth-order valence-corrected chi connectivity index (χ4v) is 5.04. The van der Waals surface area contributed by atoms with E-state index in [1.807, 2.05) is 18.2 Å². The summed E-state index contributed by atoms with van der Waals surface area (Å²) in [6.07, 6.45) is 2.33. The molecule has 6 rings (SSSR count). The van der Waals surface area contributed by atoms with Gasteiger partial charge >= 0.3 is 0 Å². The first-order valence-electron chi connectivity index (χ1n) is 10.3. The van der Waals surface area contributed by atoms with Crippen LogP contribution < -0.4 is 10.1 Å². The maximum absolute atomic E-state index is 6.29. The van der Waals surface area contributed by atoms with Crippen LogP contribution in [0.15, 0.2) is 65.1 Å². The average Bonchev–Trinajstić information content (AvgIpc) is 3.16. The van der Waals surface area contributed by atoms with Gasteiger partial charge < -0.3 is 19.2 Å². The van der Waals surface area contributed by atoms with E-state index in [9.17, 15) is 0 Å². The van der Waals surface area contributed by atoms with Gasteiger partial charge in [0.15, 0.2) is 0 Å². The third kappa shape index (κ3) is 2.63. The van der Waals surface area contributed by atoms with Crippen molar-refractivity contribution in [3.8, 4) is 5.75 Å². The largest absolute Gasteiger partial charge is 0.497 e. The first kappa shape index (κ1) is 16.9. The molecule has 2 aliphatic rings. The number of para-hydroxylation sites is 1. The topological polar surface area (TPSA) is 43.6 Å². The molecule has 146 valence electrons. The number of benzene rings is 3. The Morgan fingerprint density at radius 2 is 1.86 bits per heavy atom. The molecule has 4 aromatic rings. The summed E-state index contributed by atoms with van der Waals surface area (Å²) in [5.41, 5.74) is 5.50. The monoisotopic (exact) mass is 385 g/mol. The molecule has 1 aromatic heterocycles. The van der Waals surface area contributed by atoms with Gasteiger partial charge in [0.05, 0.1) is 19.3 Å². The third-order valence-corrected chi connectivity index (χ3v) is 6.43. The van der Waals surface area contributed by atoms with Crippen molar-refractivity contribution in [2.75, 3.05) is 19.0 Å². The van der Waals surface area contributed by atoms with E-state index in [1.54, 1.807) is 7.11 Å². The standard InChI is InChI=1S/C25H23NO3/c1-27-16-9-10-21-20(14-16)25-18(6-4-12-28-25)24(26-21)15-8-11-23-19(13-15)17-5-2-3-7-22(17)29-23/h2-3,5,7-11,13-14,18,24-26H,4,6,12H2,1H3/t18?,24-,25?/m0/s1. The Labute approximate surface area is 169 Å².